The van der Waals surface area contributed by atoms with Crippen LogP contribution in [0.5, 0.6) is 28.7 Å². The van der Waals surface area contributed by atoms with Crippen LogP contribution in [0.1, 0.15) is 0 Å². The number of nitrogens with zero attached hydrogens (tertiary/aromatic N) is 4. The Morgan fingerprint density at radius 2 is 1.38 bits per heavy atom. The second kappa shape index (κ2) is 14.2. The van der Waals surface area contributed by atoms with Gasteiger partial charge in [0.15, 0.2) is 46.3 Å². The molecule has 1 aliphatic rings. The first-order valence-corrected chi connectivity index (χ1v) is 13.6. The Labute approximate surface area is 261 Å². The number of rotatable bonds is 8. The van der Waals surface area contributed by atoms with Crippen LogP contribution in [-0.4, -0.2) is 52.5 Å². The topological polar surface area (TPSA) is 145 Å². The molecule has 0 bridgehead atoms. The highest BCUT2D eigenvalue weighted by molar-refractivity contribution is 6.28. The number of benzene rings is 3. The van der Waals surface area contributed by atoms with E-state index in [0.29, 0.717) is 53.3 Å². The van der Waals surface area contributed by atoms with E-state index in [1.807, 2.05) is 0 Å². The van der Waals surface area contributed by atoms with Crippen LogP contribution < -0.4 is 34.9 Å². The summed E-state index contributed by atoms with van der Waals surface area (Å²) in [5, 5.41) is 18.1. The lowest BCUT2D eigenvalue weighted by molar-refractivity contribution is 0.171. The highest BCUT2D eigenvalue weighted by Gasteiger charge is 2.14. The standard InChI is InChI=1S/C18H15FN4O3.C12H11ClFN3O2/c19-14-10-20-18(22-11-2-1-3-13(24)8-11)23-17(14)21-12-4-5-15-16(9-12)26-7-6-25-15;1-18-9-4-3-7(5-10(9)19-2)16-11-8(14)6-15-12(13)17-11/h1-5,8-10,24H,6-7H2,(H2,20,21,22,23);3-6H,1-2H3,(H,15,16,17). The van der Waals surface area contributed by atoms with Gasteiger partial charge in [0, 0.05) is 35.3 Å². The highest BCUT2D eigenvalue weighted by atomic mass is 35.5. The predicted molar refractivity (Wildman–Crippen MR) is 164 cm³/mol. The van der Waals surface area contributed by atoms with Gasteiger partial charge in [-0.15, -0.1) is 0 Å². The first-order valence-electron chi connectivity index (χ1n) is 13.2. The van der Waals surface area contributed by atoms with Crippen molar-refractivity contribution in [2.24, 2.45) is 0 Å². The third-order valence-corrected chi connectivity index (χ3v) is 6.19. The van der Waals surface area contributed by atoms with Crippen LogP contribution >= 0.6 is 11.6 Å². The molecule has 0 saturated heterocycles. The molecule has 1 aliphatic heterocycles. The van der Waals surface area contributed by atoms with Gasteiger partial charge in [-0.25, -0.2) is 18.7 Å². The Hall–Kier alpha value is -5.63. The van der Waals surface area contributed by atoms with Crippen LogP contribution in [-0.2, 0) is 0 Å². The molecule has 0 spiro atoms. The second-order valence-corrected chi connectivity index (χ2v) is 9.42. The number of fused-ring (bicyclic) bond motifs is 1. The average Bonchev–Trinajstić information content (AvgIpc) is 3.04. The lowest BCUT2D eigenvalue weighted by Crippen LogP contribution is -2.15. The van der Waals surface area contributed by atoms with Crippen molar-refractivity contribution in [3.8, 4) is 28.7 Å². The minimum atomic E-state index is -0.598. The maximum absolute atomic E-state index is 14.1. The van der Waals surface area contributed by atoms with E-state index in [4.69, 9.17) is 30.5 Å². The number of aromatic hydroxyl groups is 1. The third kappa shape index (κ3) is 8.06. The number of anilines is 6. The van der Waals surface area contributed by atoms with Crippen molar-refractivity contribution in [2.45, 2.75) is 0 Å². The molecular formula is C30H26ClF2N7O5. The van der Waals surface area contributed by atoms with E-state index in [1.54, 1.807) is 54.6 Å². The summed E-state index contributed by atoms with van der Waals surface area (Å²) < 4.78 is 48.8. The molecule has 6 rings (SSSR count). The van der Waals surface area contributed by atoms with Crippen LogP contribution in [0, 0.1) is 11.6 Å². The van der Waals surface area contributed by atoms with Gasteiger partial charge in [-0.1, -0.05) is 6.07 Å². The van der Waals surface area contributed by atoms with Crippen molar-refractivity contribution in [3.63, 3.8) is 0 Å². The van der Waals surface area contributed by atoms with Gasteiger partial charge in [0.1, 0.15) is 19.0 Å². The number of methoxy groups -OCH3 is 2. The van der Waals surface area contributed by atoms with Gasteiger partial charge in [0.25, 0.3) is 0 Å². The molecule has 5 aromatic rings. The zero-order valence-electron chi connectivity index (χ0n) is 23.8. The van der Waals surface area contributed by atoms with Crippen molar-refractivity contribution in [1.29, 1.82) is 0 Å². The zero-order chi connectivity index (χ0) is 31.8. The molecule has 0 unspecified atom stereocenters. The lowest BCUT2D eigenvalue weighted by atomic mass is 10.2. The van der Waals surface area contributed by atoms with Crippen molar-refractivity contribution < 1.29 is 32.8 Å². The molecule has 0 saturated carbocycles. The SMILES string of the molecule is COc1ccc(Nc2nc(Cl)ncc2F)cc1OC.Oc1cccc(Nc2ncc(F)c(Nc3ccc4c(c3)OCCO4)n2)c1. The second-order valence-electron chi connectivity index (χ2n) is 9.08. The molecule has 4 N–H and O–H groups in total. The minimum Gasteiger partial charge on any atom is -0.508 e. The number of hydrogen-bond acceptors (Lipinski definition) is 12. The molecule has 0 atom stereocenters. The number of phenols is 1. The number of hydrogen-bond donors (Lipinski definition) is 4. The van der Waals surface area contributed by atoms with Gasteiger partial charge < -0.3 is 40.0 Å². The number of halogens is 3. The molecule has 0 radical (unpaired) electrons. The van der Waals surface area contributed by atoms with Crippen molar-refractivity contribution >= 4 is 46.2 Å². The zero-order valence-corrected chi connectivity index (χ0v) is 24.6. The Balaban J connectivity index is 0.000000187. The van der Waals surface area contributed by atoms with Gasteiger partial charge in [-0.2, -0.15) is 9.97 Å². The van der Waals surface area contributed by atoms with Crippen molar-refractivity contribution in [3.05, 3.63) is 90.0 Å². The van der Waals surface area contributed by atoms with E-state index in [1.165, 1.54) is 20.3 Å². The normalized spacial score (nSPS) is 11.5. The fourth-order valence-electron chi connectivity index (χ4n) is 3.97. The quantitative estimate of drug-likeness (QED) is 0.136. The van der Waals surface area contributed by atoms with Crippen LogP contribution in [0.4, 0.5) is 43.4 Å². The summed E-state index contributed by atoms with van der Waals surface area (Å²) in [6.45, 7) is 0.973. The summed E-state index contributed by atoms with van der Waals surface area (Å²) in [5.41, 5.74) is 1.78. The molecule has 3 heterocycles. The number of nitrogens with one attached hydrogen (secondary N) is 3. The van der Waals surface area contributed by atoms with Gasteiger partial charge >= 0.3 is 0 Å². The Kier molecular flexibility index (Phi) is 9.74. The van der Waals surface area contributed by atoms with E-state index in [2.05, 4.69) is 35.9 Å². The molecule has 232 valence electrons. The van der Waals surface area contributed by atoms with Crippen LogP contribution in [0.2, 0.25) is 5.28 Å². The maximum atomic E-state index is 14.1. The average molecular weight is 638 g/mol. The van der Waals surface area contributed by atoms with Gasteiger partial charge in [-0.05, 0) is 48.0 Å². The maximum Gasteiger partial charge on any atom is 0.229 e. The van der Waals surface area contributed by atoms with Gasteiger partial charge in [0.05, 0.1) is 26.6 Å². The molecule has 15 heteroatoms. The van der Waals surface area contributed by atoms with Crippen LogP contribution in [0.3, 0.4) is 0 Å². The van der Waals surface area contributed by atoms with E-state index >= 15 is 0 Å². The summed E-state index contributed by atoms with van der Waals surface area (Å²) >= 11 is 5.62. The van der Waals surface area contributed by atoms with Gasteiger partial charge in [0.2, 0.25) is 11.2 Å². The molecular weight excluding hydrogens is 612 g/mol. The fourth-order valence-corrected chi connectivity index (χ4v) is 4.10. The molecule has 2 aromatic heterocycles. The molecule has 3 aromatic carbocycles. The smallest absolute Gasteiger partial charge is 0.229 e. The fraction of sp³-hybridized carbons (Fsp3) is 0.133. The van der Waals surface area contributed by atoms with E-state index in [9.17, 15) is 13.9 Å². The molecule has 45 heavy (non-hydrogen) atoms. The summed E-state index contributed by atoms with van der Waals surface area (Å²) in [6, 6.07) is 16.8. The van der Waals surface area contributed by atoms with Gasteiger partial charge in [-0.3, -0.25) is 0 Å². The summed E-state index contributed by atoms with van der Waals surface area (Å²) in [7, 11) is 3.05. The summed E-state index contributed by atoms with van der Waals surface area (Å²) in [5.74, 6) is 1.45. The largest absolute Gasteiger partial charge is 0.508 e. The number of ether oxygens (including phenoxy) is 4. The summed E-state index contributed by atoms with van der Waals surface area (Å²) in [6.07, 6.45) is 2.07. The van der Waals surface area contributed by atoms with Crippen molar-refractivity contribution in [1.82, 2.24) is 19.9 Å². The Bertz CT molecular complexity index is 1800. The lowest BCUT2D eigenvalue weighted by Gasteiger charge is -2.19. The monoisotopic (exact) mass is 637 g/mol. The number of aromatic nitrogens is 4. The predicted octanol–water partition coefficient (Wildman–Crippen LogP) is 6.61. The minimum absolute atomic E-state index is 0.00720. The molecule has 0 aliphatic carbocycles. The first kappa shape index (κ1) is 30.8. The molecule has 12 nitrogen and oxygen atoms in total. The summed E-state index contributed by atoms with van der Waals surface area (Å²) in [4.78, 5) is 15.4. The van der Waals surface area contributed by atoms with E-state index in [0.717, 1.165) is 12.4 Å². The Morgan fingerprint density at radius 1 is 0.733 bits per heavy atom. The third-order valence-electron chi connectivity index (χ3n) is 6.01. The Morgan fingerprint density at radius 3 is 2.11 bits per heavy atom. The molecule has 0 fully saturated rings. The van der Waals surface area contributed by atoms with Crippen LogP contribution in [0.25, 0.3) is 0 Å². The van der Waals surface area contributed by atoms with Crippen LogP contribution in [0.15, 0.2) is 73.1 Å². The van der Waals surface area contributed by atoms with E-state index in [-0.39, 0.29) is 28.6 Å². The van der Waals surface area contributed by atoms with Crippen molar-refractivity contribution in [2.75, 3.05) is 43.4 Å². The number of phenolic OH excluding ortho intramolecular Hbond substituents is 1. The van der Waals surface area contributed by atoms with E-state index < -0.39 is 11.6 Å². The highest BCUT2D eigenvalue weighted by Crippen LogP contribution is 2.34. The molecule has 0 amide bonds. The first-order chi connectivity index (χ1) is 21.8.